The van der Waals surface area contributed by atoms with Crippen LogP contribution < -0.4 is 4.74 Å². The molecule has 1 aliphatic heterocycles. The number of para-hydroxylation sites is 1. The number of rotatable bonds is 7. The first kappa shape index (κ1) is 20.8. The smallest absolute Gasteiger partial charge is 0.332 e. The van der Waals surface area contributed by atoms with Gasteiger partial charge in [0.05, 0.1) is 12.3 Å². The van der Waals surface area contributed by atoms with Gasteiger partial charge in [0.2, 0.25) is 0 Å². The fourth-order valence-electron chi connectivity index (χ4n) is 3.64. The maximum Gasteiger partial charge on any atom is 0.332 e. The molecule has 0 saturated carbocycles. The third-order valence-electron chi connectivity index (χ3n) is 5.08. The molecule has 0 amide bonds. The number of aliphatic imine (C=N–C) groups is 1. The molecule has 0 N–H and O–H groups in total. The second-order valence-electron chi connectivity index (χ2n) is 7.16. The molecule has 5 nitrogen and oxygen atoms in total. The number of hydrogen-bond donors (Lipinski definition) is 0. The van der Waals surface area contributed by atoms with E-state index in [1.807, 2.05) is 84.9 Å². The Balaban J connectivity index is 1.75. The lowest BCUT2D eigenvalue weighted by Crippen LogP contribution is -2.35. The summed E-state index contributed by atoms with van der Waals surface area (Å²) in [6, 6.07) is 27.7. The highest BCUT2D eigenvalue weighted by molar-refractivity contribution is 6.13. The maximum atomic E-state index is 11.9. The van der Waals surface area contributed by atoms with Crippen molar-refractivity contribution >= 4 is 11.7 Å². The van der Waals surface area contributed by atoms with Crippen LogP contribution in [0.1, 0.15) is 29.7 Å². The van der Waals surface area contributed by atoms with Gasteiger partial charge in [0.15, 0.2) is 0 Å². The molecule has 0 bridgehead atoms. The summed E-state index contributed by atoms with van der Waals surface area (Å²) in [5.41, 5.74) is 3.84. The molecule has 3 aromatic carbocycles. The van der Waals surface area contributed by atoms with Crippen molar-refractivity contribution in [2.24, 2.45) is 4.99 Å². The summed E-state index contributed by atoms with van der Waals surface area (Å²) >= 11 is 0. The molecule has 5 heteroatoms. The Kier molecular flexibility index (Phi) is 6.75. The summed E-state index contributed by atoms with van der Waals surface area (Å²) in [5, 5.41) is 0. The molecule has 0 radical (unpaired) electrons. The van der Waals surface area contributed by atoms with Crippen LogP contribution in [0.5, 0.6) is 5.75 Å². The predicted octanol–water partition coefficient (Wildman–Crippen LogP) is 4.61. The van der Waals surface area contributed by atoms with E-state index in [0.717, 1.165) is 28.2 Å². The number of ether oxygens (including phenoxy) is 3. The molecule has 0 saturated heterocycles. The zero-order valence-corrected chi connectivity index (χ0v) is 17.4. The Morgan fingerprint density at radius 1 is 0.935 bits per heavy atom. The van der Waals surface area contributed by atoms with E-state index in [4.69, 9.17) is 19.2 Å². The number of hydrogen-bond acceptors (Lipinski definition) is 5. The molecule has 0 unspecified atom stereocenters. The highest BCUT2D eigenvalue weighted by Gasteiger charge is 2.32. The number of benzene rings is 3. The van der Waals surface area contributed by atoms with Crippen molar-refractivity contribution in [3.63, 3.8) is 0 Å². The Bertz CT molecular complexity index is 992. The van der Waals surface area contributed by atoms with Crippen LogP contribution in [-0.2, 0) is 14.3 Å². The lowest BCUT2D eigenvalue weighted by atomic mass is 9.96. The van der Waals surface area contributed by atoms with Gasteiger partial charge in [-0.1, -0.05) is 78.9 Å². The molecule has 3 aromatic rings. The van der Waals surface area contributed by atoms with E-state index in [0.29, 0.717) is 13.2 Å². The largest absolute Gasteiger partial charge is 0.490 e. The van der Waals surface area contributed by atoms with Crippen LogP contribution >= 0.6 is 0 Å². The minimum absolute atomic E-state index is 0.137. The molecule has 158 valence electrons. The summed E-state index contributed by atoms with van der Waals surface area (Å²) in [6.45, 7) is 2.26. The van der Waals surface area contributed by atoms with Crippen molar-refractivity contribution in [1.29, 1.82) is 0 Å². The van der Waals surface area contributed by atoms with E-state index >= 15 is 0 Å². The predicted molar refractivity (Wildman–Crippen MR) is 120 cm³/mol. The number of fused-ring (bicyclic) bond motifs is 1. The fourth-order valence-corrected chi connectivity index (χ4v) is 3.64. The first-order valence-electron chi connectivity index (χ1n) is 10.4. The fraction of sp³-hybridized carbons (Fsp3) is 0.231. The van der Waals surface area contributed by atoms with Gasteiger partial charge in [-0.3, -0.25) is 4.99 Å². The molecule has 4 rings (SSSR count). The first-order chi connectivity index (χ1) is 15.3. The third-order valence-corrected chi connectivity index (χ3v) is 5.08. The summed E-state index contributed by atoms with van der Waals surface area (Å²) in [4.78, 5) is 17.1. The van der Waals surface area contributed by atoms with E-state index in [-0.39, 0.29) is 12.6 Å². The lowest BCUT2D eigenvalue weighted by Gasteiger charge is -2.31. The molecule has 1 heterocycles. The van der Waals surface area contributed by atoms with Gasteiger partial charge in [-0.15, -0.1) is 0 Å². The molecule has 31 heavy (non-hydrogen) atoms. The molecule has 0 aliphatic carbocycles. The van der Waals surface area contributed by atoms with Crippen molar-refractivity contribution in [3.05, 3.63) is 102 Å². The molecule has 1 aliphatic rings. The molecular formula is C26H25NO4. The minimum Gasteiger partial charge on any atom is -0.490 e. The average molecular weight is 415 g/mol. The summed E-state index contributed by atoms with van der Waals surface area (Å²) < 4.78 is 16.9. The van der Waals surface area contributed by atoms with Crippen LogP contribution in [-0.4, -0.2) is 37.6 Å². The van der Waals surface area contributed by atoms with Gasteiger partial charge >= 0.3 is 5.97 Å². The number of esters is 1. The van der Waals surface area contributed by atoms with Crippen molar-refractivity contribution in [3.8, 4) is 5.75 Å². The van der Waals surface area contributed by atoms with E-state index in [1.54, 1.807) is 6.92 Å². The quantitative estimate of drug-likeness (QED) is 0.418. The molecule has 0 spiro atoms. The van der Waals surface area contributed by atoms with Crippen LogP contribution in [0, 0.1) is 0 Å². The Labute approximate surface area is 182 Å². The van der Waals surface area contributed by atoms with Gasteiger partial charge in [-0.2, -0.15) is 0 Å². The van der Waals surface area contributed by atoms with Crippen molar-refractivity contribution in [2.45, 2.75) is 19.1 Å². The standard InChI is InChI=1S/C26H25NO4/c1-2-29-24(28)18-31-23-17-30-22-16-10-9-15-21(22)26(23)27-25(19-11-5-3-6-12-19)20-13-7-4-8-14-20/h3-16,23,26H,2,17-18H2,1H3/t23-,26-/m0/s1. The molecule has 2 atom stereocenters. The van der Waals surface area contributed by atoms with Gasteiger partial charge in [-0.05, 0) is 13.0 Å². The number of carbonyl (C=O) groups is 1. The summed E-state index contributed by atoms with van der Waals surface area (Å²) in [6.07, 6.45) is -0.415. The van der Waals surface area contributed by atoms with E-state index in [2.05, 4.69) is 0 Å². The number of carbonyl (C=O) groups excluding carboxylic acids is 1. The Morgan fingerprint density at radius 2 is 1.55 bits per heavy atom. The topological polar surface area (TPSA) is 57.1 Å². The average Bonchev–Trinajstić information content (AvgIpc) is 2.83. The third kappa shape index (κ3) is 5.01. The highest BCUT2D eigenvalue weighted by atomic mass is 16.6. The van der Waals surface area contributed by atoms with Gasteiger partial charge in [0.1, 0.15) is 31.1 Å². The zero-order valence-electron chi connectivity index (χ0n) is 17.4. The van der Waals surface area contributed by atoms with Crippen LogP contribution in [0.3, 0.4) is 0 Å². The number of nitrogens with zero attached hydrogens (tertiary/aromatic N) is 1. The van der Waals surface area contributed by atoms with Gasteiger partial charge in [0, 0.05) is 16.7 Å². The summed E-state index contributed by atoms with van der Waals surface area (Å²) in [7, 11) is 0. The zero-order chi connectivity index (χ0) is 21.5. The SMILES string of the molecule is CCOC(=O)CO[C@H]1COc2ccccc2[C@@H]1N=C(c1ccccc1)c1ccccc1. The Hall–Kier alpha value is -3.44. The van der Waals surface area contributed by atoms with Gasteiger partial charge < -0.3 is 14.2 Å². The van der Waals surface area contributed by atoms with Crippen LogP contribution in [0.15, 0.2) is 89.9 Å². The van der Waals surface area contributed by atoms with Gasteiger partial charge in [0.25, 0.3) is 0 Å². The second kappa shape index (κ2) is 10.0. The molecular weight excluding hydrogens is 390 g/mol. The minimum atomic E-state index is -0.415. The van der Waals surface area contributed by atoms with E-state index in [9.17, 15) is 4.79 Å². The van der Waals surface area contributed by atoms with Crippen LogP contribution in [0.2, 0.25) is 0 Å². The van der Waals surface area contributed by atoms with Crippen molar-refractivity contribution in [2.75, 3.05) is 19.8 Å². The lowest BCUT2D eigenvalue weighted by molar-refractivity contribution is -0.152. The van der Waals surface area contributed by atoms with Crippen LogP contribution in [0.25, 0.3) is 0 Å². The Morgan fingerprint density at radius 3 is 2.19 bits per heavy atom. The second-order valence-corrected chi connectivity index (χ2v) is 7.16. The van der Waals surface area contributed by atoms with Crippen LogP contribution in [0.4, 0.5) is 0 Å². The molecule has 0 fully saturated rings. The summed E-state index contributed by atoms with van der Waals surface area (Å²) in [5.74, 6) is 0.392. The van der Waals surface area contributed by atoms with Gasteiger partial charge in [-0.25, -0.2) is 4.79 Å². The van der Waals surface area contributed by atoms with E-state index < -0.39 is 12.1 Å². The monoisotopic (exact) mass is 415 g/mol. The molecule has 0 aromatic heterocycles. The maximum absolute atomic E-state index is 11.9. The van der Waals surface area contributed by atoms with Crippen molar-refractivity contribution in [1.82, 2.24) is 0 Å². The van der Waals surface area contributed by atoms with E-state index in [1.165, 1.54) is 0 Å². The highest BCUT2D eigenvalue weighted by Crippen LogP contribution is 2.36. The normalized spacial score (nSPS) is 17.2. The van der Waals surface area contributed by atoms with Crippen molar-refractivity contribution < 1.29 is 19.0 Å². The first-order valence-corrected chi connectivity index (χ1v) is 10.4.